The Bertz CT molecular complexity index is 430. The Labute approximate surface area is 81.5 Å². The number of rotatable bonds is 0. The molecule has 1 aromatic rings. The van der Waals surface area contributed by atoms with Crippen LogP contribution in [0.1, 0.15) is 0 Å². The molecule has 4 nitrogen and oxygen atoms in total. The first-order valence-electron chi connectivity index (χ1n) is 4.13. The van der Waals surface area contributed by atoms with Crippen LogP contribution in [0.3, 0.4) is 0 Å². The van der Waals surface area contributed by atoms with Gasteiger partial charge in [-0.1, -0.05) is 18.2 Å². The van der Waals surface area contributed by atoms with E-state index in [1.807, 2.05) is 24.3 Å². The van der Waals surface area contributed by atoms with Crippen molar-refractivity contribution in [2.45, 2.75) is 0 Å². The zero-order valence-electron chi connectivity index (χ0n) is 7.55. The summed E-state index contributed by atoms with van der Waals surface area (Å²) in [5.41, 5.74) is 0. The van der Waals surface area contributed by atoms with E-state index >= 15 is 0 Å². The Morgan fingerprint density at radius 1 is 1.29 bits per heavy atom. The molecule has 0 saturated heterocycles. The molecule has 0 aromatic heterocycles. The van der Waals surface area contributed by atoms with Crippen LogP contribution in [0.15, 0.2) is 29.3 Å². The monoisotopic (exact) mass is 191 g/mol. The van der Waals surface area contributed by atoms with Crippen molar-refractivity contribution in [3.63, 3.8) is 0 Å². The van der Waals surface area contributed by atoms with Gasteiger partial charge in [0.15, 0.2) is 5.78 Å². The van der Waals surface area contributed by atoms with Crippen molar-refractivity contribution in [2.75, 3.05) is 6.54 Å². The predicted octanol–water partition coefficient (Wildman–Crippen LogP) is -2.09. The fraction of sp³-hybridized carbons (Fsp3) is 0.111. The molecule has 1 aliphatic heterocycles. The van der Waals surface area contributed by atoms with Gasteiger partial charge in [0.1, 0.15) is 6.54 Å². The van der Waals surface area contributed by atoms with Gasteiger partial charge >= 0.3 is 7.69 Å². The minimum atomic E-state index is -0.750. The first-order chi connectivity index (χ1) is 6.77. The minimum absolute atomic E-state index is 0.0868. The first kappa shape index (κ1) is 10.6. The van der Waals surface area contributed by atoms with E-state index in [-0.39, 0.29) is 5.78 Å². The maximum atomic E-state index is 10.9. The summed E-state index contributed by atoms with van der Waals surface area (Å²) < 4.78 is 0. The van der Waals surface area contributed by atoms with Gasteiger partial charge < -0.3 is 10.0 Å². The van der Waals surface area contributed by atoms with Crippen LogP contribution in [-0.2, 0) is 4.79 Å². The number of benzene rings is 1. The lowest BCUT2D eigenvalue weighted by Crippen LogP contribution is -2.30. The molecule has 0 fully saturated rings. The molecular formula is C9H10BNO3. The molecule has 0 radical (unpaired) electrons. The van der Waals surface area contributed by atoms with E-state index in [1.165, 1.54) is 0 Å². The van der Waals surface area contributed by atoms with Crippen molar-refractivity contribution >= 4 is 19.5 Å². The van der Waals surface area contributed by atoms with Gasteiger partial charge in [-0.3, -0.25) is 9.79 Å². The van der Waals surface area contributed by atoms with Gasteiger partial charge in [0.05, 0.1) is 5.36 Å². The Kier molecular flexibility index (Phi) is 4.03. The molecule has 2 rings (SSSR count). The Balaban J connectivity index is 0.000000293. The number of nitrogens with zero attached hydrogens (tertiary/aromatic N) is 1. The number of fused-ring (bicyclic) bond motifs is 1. The van der Waals surface area contributed by atoms with Crippen LogP contribution in [0.25, 0.3) is 6.08 Å². The molecule has 1 aliphatic rings. The maximum Gasteiger partial charge on any atom is 0.432 e. The summed E-state index contributed by atoms with van der Waals surface area (Å²) in [7, 11) is -0.750. The third kappa shape index (κ3) is 2.79. The van der Waals surface area contributed by atoms with E-state index < -0.39 is 7.69 Å². The largest absolute Gasteiger partial charge is 0.432 e. The SMILES string of the molecule is O=C1C=c2ccccc2=NC1.OBO. The van der Waals surface area contributed by atoms with Crippen LogP contribution in [0.2, 0.25) is 0 Å². The number of ketones is 1. The highest BCUT2D eigenvalue weighted by molar-refractivity contribution is 6.13. The number of hydrogen-bond acceptors (Lipinski definition) is 4. The Hall–Kier alpha value is -1.46. The van der Waals surface area contributed by atoms with Crippen molar-refractivity contribution in [3.8, 4) is 0 Å². The average Bonchev–Trinajstić information content (AvgIpc) is 2.19. The summed E-state index contributed by atoms with van der Waals surface area (Å²) in [6.07, 6.45) is 1.64. The summed E-state index contributed by atoms with van der Waals surface area (Å²) in [6, 6.07) is 7.64. The molecule has 0 unspecified atom stereocenters. The highest BCUT2D eigenvalue weighted by Gasteiger charge is 1.99. The van der Waals surface area contributed by atoms with Gasteiger partial charge in [0.2, 0.25) is 0 Å². The topological polar surface area (TPSA) is 69.9 Å². The van der Waals surface area contributed by atoms with Crippen LogP contribution in [-0.4, -0.2) is 30.1 Å². The molecule has 72 valence electrons. The minimum Gasteiger partial charge on any atom is -0.430 e. The molecule has 1 aromatic carbocycles. The molecule has 0 atom stereocenters. The van der Waals surface area contributed by atoms with Gasteiger partial charge in [-0.2, -0.15) is 0 Å². The lowest BCUT2D eigenvalue weighted by atomic mass is 10.2. The normalized spacial score (nSPS) is 12.6. The number of Topliss-reactive ketones (excluding diaryl/α,β-unsaturated/α-hetero) is 1. The molecule has 2 N–H and O–H groups in total. The number of carbonyl (C=O) groups is 1. The average molecular weight is 191 g/mol. The van der Waals surface area contributed by atoms with Gasteiger partial charge in [0, 0.05) is 5.22 Å². The molecule has 5 heteroatoms. The second-order valence-corrected chi connectivity index (χ2v) is 2.63. The highest BCUT2D eigenvalue weighted by Crippen LogP contribution is 1.81. The van der Waals surface area contributed by atoms with Gasteiger partial charge in [0.25, 0.3) is 0 Å². The highest BCUT2D eigenvalue weighted by atomic mass is 16.4. The molecule has 1 heterocycles. The standard InChI is InChI=1S/C9H7NO.BH3O2/c11-8-5-7-3-1-2-4-9(7)10-6-8;2-1-3/h1-5H,6H2;1-3H. The van der Waals surface area contributed by atoms with E-state index in [0.717, 1.165) is 10.6 Å². The Morgan fingerprint density at radius 3 is 2.64 bits per heavy atom. The van der Waals surface area contributed by atoms with Crippen molar-refractivity contribution in [3.05, 3.63) is 34.8 Å². The van der Waals surface area contributed by atoms with E-state index in [1.54, 1.807) is 6.08 Å². The quantitative estimate of drug-likeness (QED) is 0.462. The third-order valence-electron chi connectivity index (χ3n) is 1.66. The second-order valence-electron chi connectivity index (χ2n) is 2.63. The summed E-state index contributed by atoms with van der Waals surface area (Å²) in [5.74, 6) is 0.0868. The van der Waals surface area contributed by atoms with E-state index in [0.29, 0.717) is 6.54 Å². The van der Waals surface area contributed by atoms with E-state index in [4.69, 9.17) is 10.0 Å². The maximum absolute atomic E-state index is 10.9. The van der Waals surface area contributed by atoms with Gasteiger partial charge in [-0.25, -0.2) is 0 Å². The lowest BCUT2D eigenvalue weighted by molar-refractivity contribution is -0.112. The lowest BCUT2D eigenvalue weighted by Gasteiger charge is -1.96. The molecule has 0 spiro atoms. The first-order valence-corrected chi connectivity index (χ1v) is 4.13. The molecule has 0 bridgehead atoms. The van der Waals surface area contributed by atoms with Crippen molar-refractivity contribution in [1.82, 2.24) is 0 Å². The summed E-state index contributed by atoms with van der Waals surface area (Å²) in [5, 5.41) is 16.1. The van der Waals surface area contributed by atoms with E-state index in [2.05, 4.69) is 4.99 Å². The van der Waals surface area contributed by atoms with E-state index in [9.17, 15) is 4.79 Å². The van der Waals surface area contributed by atoms with Crippen LogP contribution in [0, 0.1) is 0 Å². The van der Waals surface area contributed by atoms with Crippen LogP contribution >= 0.6 is 0 Å². The Morgan fingerprint density at radius 2 is 1.93 bits per heavy atom. The zero-order valence-corrected chi connectivity index (χ0v) is 7.55. The fourth-order valence-corrected chi connectivity index (χ4v) is 1.14. The van der Waals surface area contributed by atoms with Crippen LogP contribution < -0.4 is 10.6 Å². The molecule has 0 saturated carbocycles. The summed E-state index contributed by atoms with van der Waals surface area (Å²) >= 11 is 0. The predicted molar refractivity (Wildman–Crippen MR) is 53.1 cm³/mol. The molecule has 0 aliphatic carbocycles. The van der Waals surface area contributed by atoms with Gasteiger partial charge in [-0.15, -0.1) is 0 Å². The van der Waals surface area contributed by atoms with Gasteiger partial charge in [-0.05, 0) is 12.1 Å². The second kappa shape index (κ2) is 5.31. The van der Waals surface area contributed by atoms with Crippen molar-refractivity contribution in [2.24, 2.45) is 4.99 Å². The molecular weight excluding hydrogens is 181 g/mol. The van der Waals surface area contributed by atoms with Crippen LogP contribution in [0.4, 0.5) is 0 Å². The van der Waals surface area contributed by atoms with Crippen LogP contribution in [0.5, 0.6) is 0 Å². The summed E-state index contributed by atoms with van der Waals surface area (Å²) in [4.78, 5) is 15.0. The number of hydrogen-bond donors (Lipinski definition) is 2. The van der Waals surface area contributed by atoms with Crippen molar-refractivity contribution in [1.29, 1.82) is 0 Å². The molecule has 14 heavy (non-hydrogen) atoms. The fourth-order valence-electron chi connectivity index (χ4n) is 1.14. The number of para-hydroxylation sites is 1. The smallest absolute Gasteiger partial charge is 0.430 e. The zero-order chi connectivity index (χ0) is 10.4. The van der Waals surface area contributed by atoms with Crippen molar-refractivity contribution < 1.29 is 14.8 Å². The third-order valence-corrected chi connectivity index (χ3v) is 1.66. The molecule has 0 amide bonds. The summed E-state index contributed by atoms with van der Waals surface area (Å²) in [6.45, 7) is 0.303. The number of carbonyl (C=O) groups excluding carboxylic acids is 1.